The zero-order valence-corrected chi connectivity index (χ0v) is 20.9. The number of aromatic amines is 1. The van der Waals surface area contributed by atoms with E-state index in [9.17, 15) is 4.79 Å². The summed E-state index contributed by atoms with van der Waals surface area (Å²) in [5.74, 6) is 0.518. The van der Waals surface area contributed by atoms with E-state index < -0.39 is 5.60 Å². The van der Waals surface area contributed by atoms with Gasteiger partial charge in [-0.1, -0.05) is 30.2 Å². The van der Waals surface area contributed by atoms with Gasteiger partial charge in [0, 0.05) is 40.3 Å². The van der Waals surface area contributed by atoms with Crippen molar-refractivity contribution in [3.05, 3.63) is 59.5 Å². The molecule has 1 aliphatic carbocycles. The first-order chi connectivity index (χ1) is 16.3. The minimum atomic E-state index is -0.483. The highest BCUT2D eigenvalue weighted by Gasteiger charge is 2.25. The molecule has 7 heteroatoms. The third kappa shape index (κ3) is 6.38. The quantitative estimate of drug-likeness (QED) is 0.393. The molecule has 1 aromatic carbocycles. The predicted octanol–water partition coefficient (Wildman–Crippen LogP) is 6.81. The molecule has 2 heterocycles. The Bertz CT molecular complexity index is 1090. The van der Waals surface area contributed by atoms with Gasteiger partial charge < -0.3 is 10.1 Å². The van der Waals surface area contributed by atoms with Gasteiger partial charge >= 0.3 is 6.09 Å². The number of halogens is 1. The van der Waals surface area contributed by atoms with Crippen LogP contribution < -0.4 is 5.32 Å². The van der Waals surface area contributed by atoms with Crippen molar-refractivity contribution in [2.45, 2.75) is 70.9 Å². The van der Waals surface area contributed by atoms with E-state index in [4.69, 9.17) is 21.4 Å². The first-order valence-electron chi connectivity index (χ1n) is 12.0. The van der Waals surface area contributed by atoms with E-state index >= 15 is 0 Å². The molecule has 2 atom stereocenters. The molecular formula is C27H33ClN4O2. The SMILES string of the molecule is CC(C)(C)OC(=O)NC1CCCC(Cc2[nH]nc(-c3ccc(Cl)cc3)c2-c2ccncc2)CC1. The summed E-state index contributed by atoms with van der Waals surface area (Å²) in [5.41, 5.74) is 4.83. The molecule has 1 amide bonds. The van der Waals surface area contributed by atoms with Crippen LogP contribution in [0.1, 0.15) is 58.6 Å². The Labute approximate surface area is 206 Å². The predicted molar refractivity (Wildman–Crippen MR) is 136 cm³/mol. The van der Waals surface area contributed by atoms with E-state index in [1.165, 1.54) is 0 Å². The van der Waals surface area contributed by atoms with Crippen molar-refractivity contribution in [3.63, 3.8) is 0 Å². The zero-order valence-electron chi connectivity index (χ0n) is 20.1. The molecule has 0 saturated heterocycles. The maximum absolute atomic E-state index is 12.2. The molecule has 180 valence electrons. The van der Waals surface area contributed by atoms with E-state index in [2.05, 4.69) is 15.4 Å². The number of aromatic nitrogens is 3. The number of pyridine rings is 1. The fourth-order valence-corrected chi connectivity index (χ4v) is 4.79. The topological polar surface area (TPSA) is 79.9 Å². The number of carbonyl (C=O) groups is 1. The van der Waals surface area contributed by atoms with Gasteiger partial charge in [-0.15, -0.1) is 0 Å². The van der Waals surface area contributed by atoms with Crippen LogP contribution in [0.3, 0.4) is 0 Å². The number of rotatable bonds is 5. The van der Waals surface area contributed by atoms with Crippen LogP contribution in [0, 0.1) is 5.92 Å². The summed E-state index contributed by atoms with van der Waals surface area (Å²) in [4.78, 5) is 16.4. The second kappa shape index (κ2) is 10.6. The molecule has 0 spiro atoms. The fraction of sp³-hybridized carbons (Fsp3) is 0.444. The minimum absolute atomic E-state index is 0.158. The molecule has 2 aromatic heterocycles. The molecule has 4 rings (SSSR count). The molecule has 3 aromatic rings. The largest absolute Gasteiger partial charge is 0.444 e. The molecule has 2 N–H and O–H groups in total. The number of nitrogens with one attached hydrogen (secondary N) is 2. The summed E-state index contributed by atoms with van der Waals surface area (Å²) >= 11 is 6.11. The molecule has 0 radical (unpaired) electrons. The van der Waals surface area contributed by atoms with Gasteiger partial charge in [-0.05, 0) is 88.6 Å². The molecule has 0 aliphatic heterocycles. The molecule has 6 nitrogen and oxygen atoms in total. The molecule has 0 bridgehead atoms. The Balaban J connectivity index is 1.49. The smallest absolute Gasteiger partial charge is 0.407 e. The van der Waals surface area contributed by atoms with E-state index in [0.717, 1.165) is 66.6 Å². The van der Waals surface area contributed by atoms with Gasteiger partial charge in [0.25, 0.3) is 0 Å². The lowest BCUT2D eigenvalue weighted by Gasteiger charge is -2.23. The molecule has 1 saturated carbocycles. The standard InChI is InChI=1S/C27H33ClN4O2/c1-27(2,3)34-26(33)30-22-6-4-5-18(7-12-22)17-23-24(19-13-15-29-16-14-19)25(32-31-23)20-8-10-21(28)11-9-20/h8-11,13-16,18,22H,4-7,12,17H2,1-3H3,(H,30,33)(H,31,32). The Morgan fingerprint density at radius 3 is 2.50 bits per heavy atom. The highest BCUT2D eigenvalue weighted by molar-refractivity contribution is 6.30. The number of hydrogen-bond donors (Lipinski definition) is 2. The highest BCUT2D eigenvalue weighted by Crippen LogP contribution is 2.36. The number of ether oxygens (including phenoxy) is 1. The van der Waals surface area contributed by atoms with Gasteiger partial charge in [0.1, 0.15) is 11.3 Å². The maximum atomic E-state index is 12.2. The number of carbonyl (C=O) groups excluding carboxylic acids is 1. The van der Waals surface area contributed by atoms with Crippen LogP contribution in [0.5, 0.6) is 0 Å². The zero-order chi connectivity index (χ0) is 24.1. The number of amides is 1. The van der Waals surface area contributed by atoms with E-state index in [-0.39, 0.29) is 12.1 Å². The second-order valence-corrected chi connectivity index (χ2v) is 10.5. The molecular weight excluding hydrogens is 448 g/mol. The lowest BCUT2D eigenvalue weighted by atomic mass is 9.90. The lowest BCUT2D eigenvalue weighted by molar-refractivity contribution is 0.0499. The summed E-state index contributed by atoms with van der Waals surface area (Å²) in [5, 5.41) is 11.8. The van der Waals surface area contributed by atoms with Crippen LogP contribution in [0.2, 0.25) is 5.02 Å². The first kappa shape index (κ1) is 24.3. The van der Waals surface area contributed by atoms with Crippen LogP contribution in [-0.2, 0) is 11.2 Å². The van der Waals surface area contributed by atoms with Gasteiger partial charge in [-0.2, -0.15) is 5.10 Å². The Kier molecular flexibility index (Phi) is 7.57. The van der Waals surface area contributed by atoms with Crippen molar-refractivity contribution in [3.8, 4) is 22.4 Å². The van der Waals surface area contributed by atoms with Crippen molar-refractivity contribution < 1.29 is 9.53 Å². The highest BCUT2D eigenvalue weighted by atomic mass is 35.5. The summed E-state index contributed by atoms with van der Waals surface area (Å²) in [6, 6.07) is 12.0. The van der Waals surface area contributed by atoms with Gasteiger partial charge in [0.15, 0.2) is 0 Å². The first-order valence-corrected chi connectivity index (χ1v) is 12.4. The van der Waals surface area contributed by atoms with Gasteiger partial charge in [0.2, 0.25) is 0 Å². The maximum Gasteiger partial charge on any atom is 0.407 e. The van der Waals surface area contributed by atoms with Crippen molar-refractivity contribution in [2.24, 2.45) is 5.92 Å². The monoisotopic (exact) mass is 480 g/mol. The number of hydrogen-bond acceptors (Lipinski definition) is 4. The van der Waals surface area contributed by atoms with Gasteiger partial charge in [0.05, 0.1) is 0 Å². The number of benzene rings is 1. The Morgan fingerprint density at radius 2 is 1.79 bits per heavy atom. The Hall–Kier alpha value is -2.86. The average molecular weight is 481 g/mol. The van der Waals surface area contributed by atoms with Crippen molar-refractivity contribution in [1.82, 2.24) is 20.5 Å². The van der Waals surface area contributed by atoms with Crippen molar-refractivity contribution in [1.29, 1.82) is 0 Å². The van der Waals surface area contributed by atoms with Crippen LogP contribution in [-0.4, -0.2) is 32.9 Å². The molecule has 2 unspecified atom stereocenters. The minimum Gasteiger partial charge on any atom is -0.444 e. The van der Waals surface area contributed by atoms with Crippen LogP contribution in [0.25, 0.3) is 22.4 Å². The Morgan fingerprint density at radius 1 is 1.06 bits per heavy atom. The third-order valence-electron chi connectivity index (χ3n) is 6.23. The number of H-pyrrole nitrogens is 1. The summed E-state index contributed by atoms with van der Waals surface area (Å²) in [6.07, 6.45) is 9.40. The van der Waals surface area contributed by atoms with Crippen molar-refractivity contribution in [2.75, 3.05) is 0 Å². The van der Waals surface area contributed by atoms with Crippen LogP contribution >= 0.6 is 11.6 Å². The van der Waals surface area contributed by atoms with Gasteiger partial charge in [-0.25, -0.2) is 4.79 Å². The fourth-order valence-electron chi connectivity index (χ4n) is 4.66. The summed E-state index contributed by atoms with van der Waals surface area (Å²) < 4.78 is 5.44. The normalized spacial score (nSPS) is 18.8. The third-order valence-corrected chi connectivity index (χ3v) is 6.48. The summed E-state index contributed by atoms with van der Waals surface area (Å²) in [7, 11) is 0. The van der Waals surface area contributed by atoms with E-state index in [1.807, 2.05) is 69.6 Å². The molecule has 34 heavy (non-hydrogen) atoms. The van der Waals surface area contributed by atoms with Crippen LogP contribution in [0.4, 0.5) is 4.79 Å². The lowest BCUT2D eigenvalue weighted by Crippen LogP contribution is -2.38. The van der Waals surface area contributed by atoms with Crippen LogP contribution in [0.15, 0.2) is 48.8 Å². The molecule has 1 aliphatic rings. The van der Waals surface area contributed by atoms with E-state index in [0.29, 0.717) is 10.9 Å². The number of alkyl carbamates (subject to hydrolysis) is 1. The van der Waals surface area contributed by atoms with E-state index in [1.54, 1.807) is 0 Å². The number of nitrogens with zero attached hydrogens (tertiary/aromatic N) is 2. The summed E-state index contributed by atoms with van der Waals surface area (Å²) in [6.45, 7) is 5.66. The second-order valence-electron chi connectivity index (χ2n) is 10.1. The molecule has 1 fully saturated rings. The average Bonchev–Trinajstić information content (AvgIpc) is 3.07. The van der Waals surface area contributed by atoms with Gasteiger partial charge in [-0.3, -0.25) is 10.1 Å². The van der Waals surface area contributed by atoms with Crippen molar-refractivity contribution >= 4 is 17.7 Å².